The number of hydrogen-bond donors (Lipinski definition) is 2. The Morgan fingerprint density at radius 1 is 1.50 bits per heavy atom. The van der Waals surface area contributed by atoms with Gasteiger partial charge in [0.15, 0.2) is 5.58 Å². The van der Waals surface area contributed by atoms with Crippen LogP contribution >= 0.6 is 0 Å². The maximum Gasteiger partial charge on any atom is 0.417 e. The molecule has 96 valence electrons. The zero-order valence-corrected chi connectivity index (χ0v) is 9.99. The van der Waals surface area contributed by atoms with E-state index in [-0.39, 0.29) is 5.97 Å². The van der Waals surface area contributed by atoms with Crippen molar-refractivity contribution in [2.45, 2.75) is 12.8 Å². The molecular weight excluding hydrogens is 236 g/mol. The molecule has 2 N–H and O–H groups in total. The number of esters is 1. The van der Waals surface area contributed by atoms with Crippen LogP contribution in [-0.2, 0) is 9.53 Å². The highest BCUT2D eigenvalue weighted by Crippen LogP contribution is 2.16. The first kappa shape index (κ1) is 12.2. The monoisotopic (exact) mass is 250 g/mol. The molecule has 0 radical (unpaired) electrons. The number of carbonyl (C=O) groups excluding carboxylic acids is 1. The lowest BCUT2D eigenvalue weighted by molar-refractivity contribution is -0.140. The molecule has 0 spiro atoms. The molecule has 2 aromatic rings. The minimum atomic E-state index is -0.465. The lowest BCUT2D eigenvalue weighted by Crippen LogP contribution is -2.06. The summed E-state index contributed by atoms with van der Waals surface area (Å²) in [7, 11) is 1.37. The van der Waals surface area contributed by atoms with Gasteiger partial charge in [-0.2, -0.15) is 0 Å². The Hall–Kier alpha value is -2.24. The molecule has 1 aromatic heterocycles. The number of oxazole rings is 1. The molecule has 0 fully saturated rings. The first-order chi connectivity index (χ1) is 8.69. The van der Waals surface area contributed by atoms with E-state index < -0.39 is 5.76 Å². The van der Waals surface area contributed by atoms with Crippen molar-refractivity contribution in [1.29, 1.82) is 0 Å². The molecule has 2 rings (SSSR count). The number of ether oxygens (including phenoxy) is 1. The molecule has 0 amide bonds. The fraction of sp³-hybridized carbons (Fsp3) is 0.333. The number of aromatic nitrogens is 1. The summed E-state index contributed by atoms with van der Waals surface area (Å²) in [5, 5.41) is 3.14. The van der Waals surface area contributed by atoms with Gasteiger partial charge in [0.05, 0.1) is 12.6 Å². The van der Waals surface area contributed by atoms with Crippen molar-refractivity contribution in [3.63, 3.8) is 0 Å². The van der Waals surface area contributed by atoms with Crippen LogP contribution in [0.2, 0.25) is 0 Å². The number of methoxy groups -OCH3 is 1. The van der Waals surface area contributed by atoms with Gasteiger partial charge in [0.2, 0.25) is 0 Å². The van der Waals surface area contributed by atoms with Crippen LogP contribution in [0.1, 0.15) is 12.8 Å². The van der Waals surface area contributed by atoms with Gasteiger partial charge in [0.25, 0.3) is 0 Å². The summed E-state index contributed by atoms with van der Waals surface area (Å²) in [6.45, 7) is 0.648. The third-order valence-electron chi connectivity index (χ3n) is 2.54. The van der Waals surface area contributed by atoms with Crippen LogP contribution < -0.4 is 11.1 Å². The molecule has 6 nitrogen and oxygen atoms in total. The number of anilines is 1. The second-order valence-corrected chi connectivity index (χ2v) is 3.83. The molecule has 1 heterocycles. The maximum atomic E-state index is 11.0. The fourth-order valence-electron chi connectivity index (χ4n) is 1.62. The quantitative estimate of drug-likeness (QED) is 0.620. The summed E-state index contributed by atoms with van der Waals surface area (Å²) in [6, 6.07) is 5.35. The van der Waals surface area contributed by atoms with E-state index in [2.05, 4.69) is 15.0 Å². The summed E-state index contributed by atoms with van der Waals surface area (Å²) >= 11 is 0. The van der Waals surface area contributed by atoms with Crippen LogP contribution in [-0.4, -0.2) is 24.6 Å². The van der Waals surface area contributed by atoms with Gasteiger partial charge < -0.3 is 14.5 Å². The maximum absolute atomic E-state index is 11.0. The van der Waals surface area contributed by atoms with Gasteiger partial charge in [-0.15, -0.1) is 0 Å². The normalized spacial score (nSPS) is 10.5. The van der Waals surface area contributed by atoms with E-state index in [9.17, 15) is 9.59 Å². The first-order valence-electron chi connectivity index (χ1n) is 5.62. The molecule has 0 aliphatic heterocycles. The van der Waals surface area contributed by atoms with Crippen molar-refractivity contribution in [2.75, 3.05) is 19.0 Å². The van der Waals surface area contributed by atoms with Gasteiger partial charge in [-0.1, -0.05) is 0 Å². The van der Waals surface area contributed by atoms with E-state index in [1.54, 1.807) is 12.1 Å². The predicted molar refractivity (Wildman–Crippen MR) is 66.6 cm³/mol. The summed E-state index contributed by atoms with van der Waals surface area (Å²) in [4.78, 5) is 24.4. The third kappa shape index (κ3) is 2.91. The van der Waals surface area contributed by atoms with E-state index in [1.807, 2.05) is 6.07 Å². The van der Waals surface area contributed by atoms with Crippen LogP contribution in [0, 0.1) is 0 Å². The van der Waals surface area contributed by atoms with Crippen LogP contribution in [0.3, 0.4) is 0 Å². The second kappa shape index (κ2) is 5.39. The van der Waals surface area contributed by atoms with Crippen LogP contribution in [0.15, 0.2) is 27.4 Å². The van der Waals surface area contributed by atoms with Crippen molar-refractivity contribution >= 4 is 22.8 Å². The topological polar surface area (TPSA) is 84.3 Å². The molecule has 0 aliphatic carbocycles. The Bertz CT molecular complexity index is 599. The second-order valence-electron chi connectivity index (χ2n) is 3.83. The highest BCUT2D eigenvalue weighted by molar-refractivity contribution is 5.76. The number of benzene rings is 1. The molecule has 0 atom stereocenters. The van der Waals surface area contributed by atoms with Crippen LogP contribution in [0.25, 0.3) is 11.1 Å². The van der Waals surface area contributed by atoms with Gasteiger partial charge in [-0.25, -0.2) is 4.79 Å². The number of fused-ring (bicyclic) bond motifs is 1. The van der Waals surface area contributed by atoms with Gasteiger partial charge in [-0.3, -0.25) is 9.78 Å². The molecular formula is C12H14N2O4. The van der Waals surface area contributed by atoms with E-state index >= 15 is 0 Å². The highest BCUT2D eigenvalue weighted by atomic mass is 16.5. The molecule has 0 unspecified atom stereocenters. The Labute approximate surface area is 103 Å². The van der Waals surface area contributed by atoms with Crippen molar-refractivity contribution in [3.8, 4) is 0 Å². The van der Waals surface area contributed by atoms with Gasteiger partial charge in [0, 0.05) is 24.7 Å². The average molecular weight is 250 g/mol. The summed E-state index contributed by atoms with van der Waals surface area (Å²) in [6.07, 6.45) is 1.06. The molecule has 6 heteroatoms. The summed E-state index contributed by atoms with van der Waals surface area (Å²) in [5.74, 6) is -0.684. The number of nitrogens with one attached hydrogen (secondary N) is 2. The van der Waals surface area contributed by atoms with Crippen molar-refractivity contribution in [2.24, 2.45) is 0 Å². The number of rotatable bonds is 5. The summed E-state index contributed by atoms with van der Waals surface area (Å²) in [5.41, 5.74) is 2.02. The predicted octanol–water partition coefficient (Wildman–Crippen LogP) is 1.49. The minimum absolute atomic E-state index is 0.219. The molecule has 0 saturated carbocycles. The minimum Gasteiger partial charge on any atom is -0.469 e. The van der Waals surface area contributed by atoms with Crippen LogP contribution in [0.5, 0.6) is 0 Å². The van der Waals surface area contributed by atoms with Gasteiger partial charge in [-0.05, 0) is 18.6 Å². The number of H-pyrrole nitrogens is 1. The van der Waals surface area contributed by atoms with Gasteiger partial charge in [0.1, 0.15) is 0 Å². The molecule has 0 aliphatic rings. The SMILES string of the molecule is COC(=O)CCCNc1ccc2[nH]c(=O)oc2c1. The van der Waals surface area contributed by atoms with Gasteiger partial charge >= 0.3 is 11.7 Å². The molecule has 1 aromatic carbocycles. The lowest BCUT2D eigenvalue weighted by atomic mass is 10.2. The summed E-state index contributed by atoms with van der Waals surface area (Å²) < 4.78 is 9.49. The smallest absolute Gasteiger partial charge is 0.417 e. The standard InChI is InChI=1S/C12H14N2O4/c1-17-11(15)3-2-6-13-8-4-5-9-10(7-8)18-12(16)14-9/h4-5,7,13H,2-3,6H2,1H3,(H,14,16). The first-order valence-corrected chi connectivity index (χ1v) is 5.62. The van der Waals surface area contributed by atoms with E-state index in [0.717, 1.165) is 5.69 Å². The Morgan fingerprint density at radius 2 is 2.33 bits per heavy atom. The lowest BCUT2D eigenvalue weighted by Gasteiger charge is -2.05. The average Bonchev–Trinajstić information content (AvgIpc) is 2.73. The molecule has 18 heavy (non-hydrogen) atoms. The highest BCUT2D eigenvalue weighted by Gasteiger charge is 2.02. The van der Waals surface area contributed by atoms with Crippen molar-refractivity contribution < 1.29 is 13.9 Å². The van der Waals surface area contributed by atoms with Crippen molar-refractivity contribution in [1.82, 2.24) is 4.98 Å². The third-order valence-corrected chi connectivity index (χ3v) is 2.54. The Morgan fingerprint density at radius 3 is 3.11 bits per heavy atom. The largest absolute Gasteiger partial charge is 0.469 e. The molecule has 0 saturated heterocycles. The van der Waals surface area contributed by atoms with E-state index in [0.29, 0.717) is 30.5 Å². The number of aromatic amines is 1. The fourth-order valence-corrected chi connectivity index (χ4v) is 1.62. The number of hydrogen-bond acceptors (Lipinski definition) is 5. The zero-order chi connectivity index (χ0) is 13.0. The van der Waals surface area contributed by atoms with Crippen molar-refractivity contribution in [3.05, 3.63) is 28.7 Å². The molecule has 0 bridgehead atoms. The van der Waals surface area contributed by atoms with E-state index in [4.69, 9.17) is 4.42 Å². The van der Waals surface area contributed by atoms with E-state index in [1.165, 1.54) is 7.11 Å². The number of carbonyl (C=O) groups is 1. The Balaban J connectivity index is 1.91. The zero-order valence-electron chi connectivity index (χ0n) is 9.99. The Kier molecular flexibility index (Phi) is 3.66. The van der Waals surface area contributed by atoms with Crippen LogP contribution in [0.4, 0.5) is 5.69 Å².